The summed E-state index contributed by atoms with van der Waals surface area (Å²) in [7, 11) is 0. The molecule has 2 rings (SSSR count). The second kappa shape index (κ2) is 7.11. The van der Waals surface area contributed by atoms with Crippen LogP contribution < -0.4 is 15.2 Å². The third kappa shape index (κ3) is 4.48. The van der Waals surface area contributed by atoms with Gasteiger partial charge in [-0.25, -0.2) is 0 Å². The van der Waals surface area contributed by atoms with Gasteiger partial charge >= 0.3 is 0 Å². The van der Waals surface area contributed by atoms with E-state index in [9.17, 15) is 14.7 Å². The zero-order valence-corrected chi connectivity index (χ0v) is 12.1. The predicted octanol–water partition coefficient (Wildman–Crippen LogP) is 1.27. The van der Waals surface area contributed by atoms with E-state index in [2.05, 4.69) is 5.32 Å². The first-order valence-electron chi connectivity index (χ1n) is 7.34. The quantitative estimate of drug-likeness (QED) is 0.885. The van der Waals surface area contributed by atoms with Crippen molar-refractivity contribution in [2.75, 3.05) is 0 Å². The standard InChI is InChI=1S/C16H21NO4/c1-11(16(19)20)21-14-9-7-12(8-10-14)15(18)17-13-5-3-2-4-6-13/h7-11,13H,2-6H2,1H3,(H,17,18)(H,19,20)/p-1/t11-/m1/s1. The third-order valence-electron chi connectivity index (χ3n) is 3.70. The fourth-order valence-corrected chi connectivity index (χ4v) is 2.45. The molecule has 1 saturated carbocycles. The summed E-state index contributed by atoms with van der Waals surface area (Å²) >= 11 is 0. The Morgan fingerprint density at radius 3 is 2.38 bits per heavy atom. The molecule has 1 aromatic carbocycles. The van der Waals surface area contributed by atoms with E-state index in [1.54, 1.807) is 24.3 Å². The molecule has 114 valence electrons. The summed E-state index contributed by atoms with van der Waals surface area (Å²) < 4.78 is 5.17. The van der Waals surface area contributed by atoms with E-state index in [0.29, 0.717) is 11.3 Å². The topological polar surface area (TPSA) is 78.5 Å². The Labute approximate surface area is 124 Å². The number of hydrogen-bond acceptors (Lipinski definition) is 4. The van der Waals surface area contributed by atoms with Gasteiger partial charge in [0.05, 0.1) is 5.97 Å². The lowest BCUT2D eigenvalue weighted by molar-refractivity contribution is -0.312. The van der Waals surface area contributed by atoms with Crippen molar-refractivity contribution < 1.29 is 19.4 Å². The van der Waals surface area contributed by atoms with Gasteiger partial charge in [-0.2, -0.15) is 0 Å². The molecular weight excluding hydrogens is 270 g/mol. The Balaban J connectivity index is 1.91. The smallest absolute Gasteiger partial charge is 0.251 e. The summed E-state index contributed by atoms with van der Waals surface area (Å²) in [5, 5.41) is 13.6. The normalized spacial score (nSPS) is 17.0. The number of benzene rings is 1. The van der Waals surface area contributed by atoms with Crippen LogP contribution in [-0.4, -0.2) is 24.0 Å². The van der Waals surface area contributed by atoms with Gasteiger partial charge in [0, 0.05) is 11.6 Å². The highest BCUT2D eigenvalue weighted by atomic mass is 16.5. The Morgan fingerprint density at radius 2 is 1.81 bits per heavy atom. The summed E-state index contributed by atoms with van der Waals surface area (Å²) in [5.74, 6) is -0.962. The lowest BCUT2D eigenvalue weighted by atomic mass is 9.95. The van der Waals surface area contributed by atoms with Crippen LogP contribution in [0, 0.1) is 0 Å². The number of carbonyl (C=O) groups excluding carboxylic acids is 2. The molecule has 5 nitrogen and oxygen atoms in total. The van der Waals surface area contributed by atoms with E-state index in [4.69, 9.17) is 4.74 Å². The minimum absolute atomic E-state index is 0.0959. The van der Waals surface area contributed by atoms with Crippen LogP contribution >= 0.6 is 0 Å². The van der Waals surface area contributed by atoms with Gasteiger partial charge in [0.2, 0.25) is 0 Å². The summed E-state index contributed by atoms with van der Waals surface area (Å²) in [5.41, 5.74) is 0.550. The van der Waals surface area contributed by atoms with Gasteiger partial charge in [0.1, 0.15) is 11.9 Å². The molecule has 21 heavy (non-hydrogen) atoms. The minimum Gasteiger partial charge on any atom is -0.546 e. The molecule has 0 spiro atoms. The number of hydrogen-bond donors (Lipinski definition) is 1. The number of rotatable bonds is 5. The highest BCUT2D eigenvalue weighted by molar-refractivity contribution is 5.94. The number of carboxylic acids is 1. The van der Waals surface area contributed by atoms with Crippen molar-refractivity contribution in [1.29, 1.82) is 0 Å². The van der Waals surface area contributed by atoms with Crippen LogP contribution in [0.1, 0.15) is 49.4 Å². The zero-order valence-electron chi connectivity index (χ0n) is 12.1. The fraction of sp³-hybridized carbons (Fsp3) is 0.500. The van der Waals surface area contributed by atoms with E-state index in [1.165, 1.54) is 26.2 Å². The summed E-state index contributed by atoms with van der Waals surface area (Å²) in [4.78, 5) is 22.7. The van der Waals surface area contributed by atoms with Crippen molar-refractivity contribution in [2.24, 2.45) is 0 Å². The second-order valence-electron chi connectivity index (χ2n) is 5.41. The van der Waals surface area contributed by atoms with Crippen LogP contribution in [0.2, 0.25) is 0 Å². The SMILES string of the molecule is C[C@@H](Oc1ccc(C(=O)NC2CCCCC2)cc1)C(=O)[O-]. The number of ether oxygens (including phenoxy) is 1. The molecule has 0 aromatic heterocycles. The van der Waals surface area contributed by atoms with Crippen LogP contribution in [0.4, 0.5) is 0 Å². The van der Waals surface area contributed by atoms with Gasteiger partial charge in [-0.05, 0) is 44.0 Å². The van der Waals surface area contributed by atoms with E-state index in [-0.39, 0.29) is 11.9 Å². The van der Waals surface area contributed by atoms with Crippen molar-refractivity contribution in [3.05, 3.63) is 29.8 Å². The Hall–Kier alpha value is -2.04. The lowest BCUT2D eigenvalue weighted by Gasteiger charge is -2.22. The van der Waals surface area contributed by atoms with Crippen molar-refractivity contribution in [2.45, 2.75) is 51.2 Å². The number of nitrogens with one attached hydrogen (secondary N) is 1. The van der Waals surface area contributed by atoms with Crippen molar-refractivity contribution in [1.82, 2.24) is 5.32 Å². The lowest BCUT2D eigenvalue weighted by Crippen LogP contribution is -2.37. The average Bonchev–Trinajstić information content (AvgIpc) is 2.48. The molecule has 0 saturated heterocycles. The molecular formula is C16H20NO4-. The number of carboxylic acid groups (broad SMARTS) is 1. The Kier molecular flexibility index (Phi) is 5.20. The second-order valence-corrected chi connectivity index (χ2v) is 5.41. The molecule has 1 N–H and O–H groups in total. The largest absolute Gasteiger partial charge is 0.546 e. The first kappa shape index (κ1) is 15.4. The fourth-order valence-electron chi connectivity index (χ4n) is 2.45. The van der Waals surface area contributed by atoms with Crippen molar-refractivity contribution in [3.8, 4) is 5.75 Å². The summed E-state index contributed by atoms with van der Waals surface area (Å²) in [6, 6.07) is 6.72. The molecule has 5 heteroatoms. The molecule has 0 unspecified atom stereocenters. The van der Waals surface area contributed by atoms with Crippen LogP contribution in [0.5, 0.6) is 5.75 Å². The molecule has 0 aliphatic heterocycles. The molecule has 1 aliphatic rings. The molecule has 1 aliphatic carbocycles. The average molecular weight is 290 g/mol. The van der Waals surface area contributed by atoms with Gasteiger partial charge in [0.15, 0.2) is 0 Å². The van der Waals surface area contributed by atoms with Gasteiger partial charge in [-0.15, -0.1) is 0 Å². The molecule has 1 aromatic rings. The van der Waals surface area contributed by atoms with Gasteiger partial charge < -0.3 is 20.0 Å². The summed E-state index contributed by atoms with van der Waals surface area (Å²) in [6.07, 6.45) is 4.63. The first-order chi connectivity index (χ1) is 10.1. The van der Waals surface area contributed by atoms with Crippen LogP contribution in [0.15, 0.2) is 24.3 Å². The molecule has 1 atom stereocenters. The minimum atomic E-state index is -1.27. The Bertz CT molecular complexity index is 492. The zero-order chi connectivity index (χ0) is 15.2. The number of carbonyl (C=O) groups is 2. The molecule has 1 fully saturated rings. The Morgan fingerprint density at radius 1 is 1.19 bits per heavy atom. The van der Waals surface area contributed by atoms with Crippen LogP contribution in [-0.2, 0) is 4.79 Å². The maximum Gasteiger partial charge on any atom is 0.251 e. The van der Waals surface area contributed by atoms with E-state index in [0.717, 1.165) is 12.8 Å². The van der Waals surface area contributed by atoms with Gasteiger partial charge in [0.25, 0.3) is 5.91 Å². The maximum atomic E-state index is 12.1. The molecule has 1 amide bonds. The first-order valence-corrected chi connectivity index (χ1v) is 7.34. The highest BCUT2D eigenvalue weighted by Gasteiger charge is 2.16. The van der Waals surface area contributed by atoms with Crippen LogP contribution in [0.3, 0.4) is 0 Å². The maximum absolute atomic E-state index is 12.1. The number of aliphatic carboxylic acids is 1. The summed E-state index contributed by atoms with van der Waals surface area (Å²) in [6.45, 7) is 1.40. The molecule has 0 bridgehead atoms. The highest BCUT2D eigenvalue weighted by Crippen LogP contribution is 2.18. The van der Waals surface area contributed by atoms with E-state index < -0.39 is 12.1 Å². The van der Waals surface area contributed by atoms with Crippen molar-refractivity contribution in [3.63, 3.8) is 0 Å². The third-order valence-corrected chi connectivity index (χ3v) is 3.70. The number of amides is 1. The van der Waals surface area contributed by atoms with E-state index in [1.807, 2.05) is 0 Å². The monoisotopic (exact) mass is 290 g/mol. The van der Waals surface area contributed by atoms with Gasteiger partial charge in [-0.3, -0.25) is 4.79 Å². The van der Waals surface area contributed by atoms with E-state index >= 15 is 0 Å². The predicted molar refractivity (Wildman–Crippen MR) is 75.9 cm³/mol. The van der Waals surface area contributed by atoms with Crippen molar-refractivity contribution >= 4 is 11.9 Å². The molecule has 0 radical (unpaired) electrons. The molecule has 0 heterocycles. The van der Waals surface area contributed by atoms with Crippen LogP contribution in [0.25, 0.3) is 0 Å². The van der Waals surface area contributed by atoms with Gasteiger partial charge in [-0.1, -0.05) is 19.3 Å².